The molecule has 0 saturated carbocycles. The van der Waals surface area contributed by atoms with E-state index in [1.54, 1.807) is 12.1 Å². The van der Waals surface area contributed by atoms with Crippen LogP contribution in [0.5, 0.6) is 0 Å². The van der Waals surface area contributed by atoms with E-state index in [0.717, 1.165) is 77.5 Å². The van der Waals surface area contributed by atoms with Crippen molar-refractivity contribution < 1.29 is 12.3 Å². The summed E-state index contributed by atoms with van der Waals surface area (Å²) >= 11 is 0. The van der Waals surface area contributed by atoms with Gasteiger partial charge in [-0.05, 0) is 98.9 Å². The van der Waals surface area contributed by atoms with Crippen LogP contribution in [0.1, 0.15) is 49.8 Å². The number of likely N-dealkylation sites (tertiary alicyclic amines) is 1. The van der Waals surface area contributed by atoms with Crippen LogP contribution in [0, 0.1) is 12.3 Å². The van der Waals surface area contributed by atoms with E-state index in [1.807, 2.05) is 30.3 Å². The number of piperidine rings is 1. The lowest BCUT2D eigenvalue weighted by Crippen LogP contribution is -2.32. The van der Waals surface area contributed by atoms with Crippen LogP contribution < -0.4 is 5.43 Å². The minimum Gasteiger partial charge on any atom is -0.340 e. The molecule has 1 saturated heterocycles. The van der Waals surface area contributed by atoms with Gasteiger partial charge in [-0.3, -0.25) is 4.79 Å². The number of H-pyrrole nitrogens is 1. The van der Waals surface area contributed by atoms with Crippen LogP contribution in [0.4, 0.5) is 3.89 Å². The Morgan fingerprint density at radius 2 is 1.85 bits per heavy atom. The molecule has 5 aromatic rings. The van der Waals surface area contributed by atoms with Gasteiger partial charge < -0.3 is 14.5 Å². The average Bonchev–Trinajstić information content (AvgIpc) is 3.35. The summed E-state index contributed by atoms with van der Waals surface area (Å²) in [7, 11) is -2.76. The van der Waals surface area contributed by atoms with Crippen LogP contribution in [0.15, 0.2) is 64.3 Å². The highest BCUT2D eigenvalue weighted by Gasteiger charge is 2.25. The summed E-state index contributed by atoms with van der Waals surface area (Å²) < 4.78 is 39.8. The number of aromatic nitrogens is 2. The number of fused-ring (bicyclic) bond motifs is 4. The second-order valence-corrected chi connectivity index (χ2v) is 12.4. The Morgan fingerprint density at radius 1 is 1.07 bits per heavy atom. The van der Waals surface area contributed by atoms with Crippen molar-refractivity contribution in [1.82, 2.24) is 14.5 Å². The van der Waals surface area contributed by atoms with Crippen molar-refractivity contribution in [3.63, 3.8) is 0 Å². The van der Waals surface area contributed by atoms with Gasteiger partial charge in [-0.25, -0.2) is 0 Å². The molecule has 6 nitrogen and oxygen atoms in total. The summed E-state index contributed by atoms with van der Waals surface area (Å²) in [5.41, 5.74) is 5.39. The predicted molar refractivity (Wildman–Crippen MR) is 164 cm³/mol. The molecule has 41 heavy (non-hydrogen) atoms. The maximum absolute atomic E-state index is 14.3. The van der Waals surface area contributed by atoms with Crippen LogP contribution >= 0.6 is 0 Å². The molecule has 0 atom stereocenters. The summed E-state index contributed by atoms with van der Waals surface area (Å²) in [5.74, 6) is 2.68. The van der Waals surface area contributed by atoms with Gasteiger partial charge in [0.1, 0.15) is 5.65 Å². The molecule has 1 N–H and O–H groups in total. The van der Waals surface area contributed by atoms with Gasteiger partial charge in [0.25, 0.3) is 0 Å². The van der Waals surface area contributed by atoms with Crippen molar-refractivity contribution >= 4 is 43.1 Å². The Balaban J connectivity index is 1.72. The summed E-state index contributed by atoms with van der Waals surface area (Å²) in [4.78, 5) is 19.7. The second-order valence-electron chi connectivity index (χ2n) is 11.1. The van der Waals surface area contributed by atoms with Gasteiger partial charge in [-0.2, -0.15) is 8.42 Å². The van der Waals surface area contributed by atoms with Crippen molar-refractivity contribution in [2.24, 2.45) is 0 Å². The van der Waals surface area contributed by atoms with Crippen LogP contribution in [0.3, 0.4) is 0 Å². The van der Waals surface area contributed by atoms with Crippen LogP contribution in [0.25, 0.3) is 44.0 Å². The lowest BCUT2D eigenvalue weighted by Gasteiger charge is -2.32. The molecule has 6 rings (SSSR count). The lowest BCUT2D eigenvalue weighted by atomic mass is 9.93. The molecule has 0 unspecified atom stereocenters. The first-order valence-electron chi connectivity index (χ1n) is 14.1. The van der Waals surface area contributed by atoms with Crippen molar-refractivity contribution in [1.29, 1.82) is 0 Å². The number of aromatic amines is 1. The maximum atomic E-state index is 14.3. The molecule has 8 heteroatoms. The number of rotatable bonds is 6. The molecule has 3 heterocycles. The smallest absolute Gasteiger partial charge is 0.332 e. The van der Waals surface area contributed by atoms with E-state index in [1.165, 1.54) is 12.1 Å². The number of nitrogens with one attached hydrogen (secondary N) is 1. The van der Waals surface area contributed by atoms with Gasteiger partial charge in [0.05, 0.1) is 15.8 Å². The van der Waals surface area contributed by atoms with E-state index < -0.39 is 10.2 Å². The predicted octanol–water partition coefficient (Wildman–Crippen LogP) is 6.55. The van der Waals surface area contributed by atoms with Gasteiger partial charge in [-0.15, -0.1) is 10.3 Å². The lowest BCUT2D eigenvalue weighted by molar-refractivity contribution is 0.226. The van der Waals surface area contributed by atoms with Crippen molar-refractivity contribution in [3.8, 4) is 23.5 Å². The molecule has 0 amide bonds. The average molecular weight is 570 g/mol. The number of nitrogens with zero attached hydrogens (tertiary/aromatic N) is 2. The highest BCUT2D eigenvalue weighted by atomic mass is 32.3. The minimum atomic E-state index is -4.87. The summed E-state index contributed by atoms with van der Waals surface area (Å²) in [6.45, 7) is 3.96. The standard InChI is InChI=1S/C33H32FN3O3S/c1-4-6-8-23-19-28-30(20-27(23)22-9-7-10-25(18-22)41(34,39)40)37(24-13-15-36(3)16-14-24)33-31(32(28)38)26-12-11-21(5-2)17-29(26)35-33/h2,7,9-12,17-20,24,35H,4,6,8,13-16H2,1,3H3. The Hall–Kier alpha value is -3.93. The van der Waals surface area contributed by atoms with E-state index in [-0.39, 0.29) is 16.4 Å². The van der Waals surface area contributed by atoms with Crippen molar-refractivity contribution in [2.45, 2.75) is 50.0 Å². The minimum absolute atomic E-state index is 0.0525. The first-order chi connectivity index (χ1) is 19.7. The monoisotopic (exact) mass is 569 g/mol. The number of pyridine rings is 1. The molecule has 210 valence electrons. The zero-order valence-corrected chi connectivity index (χ0v) is 24.0. The van der Waals surface area contributed by atoms with Crippen LogP contribution in [-0.2, 0) is 16.6 Å². The maximum Gasteiger partial charge on any atom is 0.332 e. The number of terminal acetylenes is 1. The van der Waals surface area contributed by atoms with Crippen LogP contribution in [0.2, 0.25) is 0 Å². The third-order valence-corrected chi connectivity index (χ3v) is 9.24. The van der Waals surface area contributed by atoms with E-state index in [2.05, 4.69) is 34.3 Å². The summed E-state index contributed by atoms with van der Waals surface area (Å²) in [6, 6.07) is 15.8. The van der Waals surface area contributed by atoms with E-state index in [9.17, 15) is 17.1 Å². The highest BCUT2D eigenvalue weighted by Crippen LogP contribution is 2.37. The number of halogens is 1. The fraction of sp³-hybridized carbons (Fsp3) is 0.303. The van der Waals surface area contributed by atoms with E-state index >= 15 is 0 Å². The van der Waals surface area contributed by atoms with Gasteiger partial charge >= 0.3 is 10.2 Å². The molecule has 0 bridgehead atoms. The van der Waals surface area contributed by atoms with Gasteiger partial charge in [0.15, 0.2) is 5.43 Å². The quantitative estimate of drug-likeness (QED) is 0.186. The van der Waals surface area contributed by atoms with Crippen molar-refractivity contribution in [2.75, 3.05) is 20.1 Å². The fourth-order valence-electron chi connectivity index (χ4n) is 6.24. The third-order valence-electron chi connectivity index (χ3n) is 8.42. The Morgan fingerprint density at radius 3 is 2.56 bits per heavy atom. The number of hydrogen-bond acceptors (Lipinski definition) is 4. The van der Waals surface area contributed by atoms with Crippen LogP contribution in [-0.4, -0.2) is 43.0 Å². The largest absolute Gasteiger partial charge is 0.340 e. The third kappa shape index (κ3) is 4.83. The molecule has 1 fully saturated rings. The number of unbranched alkanes of at least 4 members (excludes halogenated alkanes) is 1. The Kier molecular flexibility index (Phi) is 6.96. The fourth-order valence-corrected chi connectivity index (χ4v) is 6.75. The normalized spacial score (nSPS) is 15.2. The first-order valence-corrected chi connectivity index (χ1v) is 15.4. The van der Waals surface area contributed by atoms with Gasteiger partial charge in [0, 0.05) is 27.9 Å². The molecule has 1 aliphatic rings. The summed E-state index contributed by atoms with van der Waals surface area (Å²) in [6.07, 6.45) is 10.1. The molecule has 2 aromatic heterocycles. The molecule has 1 aliphatic heterocycles. The molecular weight excluding hydrogens is 537 g/mol. The molecule has 0 radical (unpaired) electrons. The number of aryl methyl sites for hydroxylation is 1. The highest BCUT2D eigenvalue weighted by molar-refractivity contribution is 7.86. The SMILES string of the molecule is C#Cc1ccc2c(c1)[nH]c1c2c(=O)c2cc(CCCC)c(-c3cccc(S(=O)(=O)F)c3)cc2n1C1CCN(C)CC1. The first kappa shape index (κ1) is 27.3. The summed E-state index contributed by atoms with van der Waals surface area (Å²) in [5, 5.41) is 2.12. The molecule has 3 aromatic carbocycles. The number of hydrogen-bond donors (Lipinski definition) is 1. The van der Waals surface area contributed by atoms with Gasteiger partial charge in [-0.1, -0.05) is 37.5 Å². The second kappa shape index (κ2) is 10.5. The Labute approximate surface area is 239 Å². The van der Waals surface area contributed by atoms with Gasteiger partial charge in [0.2, 0.25) is 0 Å². The zero-order chi connectivity index (χ0) is 28.9. The topological polar surface area (TPSA) is 75.2 Å². The van der Waals surface area contributed by atoms with E-state index in [0.29, 0.717) is 22.8 Å². The number of benzene rings is 3. The van der Waals surface area contributed by atoms with Crippen molar-refractivity contribution in [3.05, 3.63) is 75.9 Å². The zero-order valence-electron chi connectivity index (χ0n) is 23.2. The molecule has 0 aliphatic carbocycles. The molecule has 0 spiro atoms. The Bertz CT molecular complexity index is 2030. The van der Waals surface area contributed by atoms with E-state index in [4.69, 9.17) is 6.42 Å². The molecular formula is C33H32FN3O3S.